The van der Waals surface area contributed by atoms with Gasteiger partial charge in [-0.05, 0) is 41.1 Å². The SMILES string of the molecule is CCn1cc(Br)cc1C(=O)Nc1cccnc1C(=O)O. The smallest absolute Gasteiger partial charge is 0.356 e. The summed E-state index contributed by atoms with van der Waals surface area (Å²) in [6.07, 6.45) is 3.15. The zero-order valence-electron chi connectivity index (χ0n) is 10.6. The summed E-state index contributed by atoms with van der Waals surface area (Å²) >= 11 is 3.31. The lowest BCUT2D eigenvalue weighted by molar-refractivity contribution is 0.0692. The van der Waals surface area contributed by atoms with E-state index >= 15 is 0 Å². The Hall–Kier alpha value is -2.15. The largest absolute Gasteiger partial charge is 0.476 e. The van der Waals surface area contributed by atoms with Gasteiger partial charge in [-0.25, -0.2) is 9.78 Å². The number of aryl methyl sites for hydroxylation is 1. The first-order valence-corrected chi connectivity index (χ1v) is 6.67. The predicted octanol–water partition coefficient (Wildman–Crippen LogP) is 2.62. The number of halogens is 1. The van der Waals surface area contributed by atoms with Crippen molar-refractivity contribution in [2.45, 2.75) is 13.5 Å². The number of carboxylic acids is 1. The van der Waals surface area contributed by atoms with Gasteiger partial charge in [-0.15, -0.1) is 0 Å². The van der Waals surface area contributed by atoms with E-state index in [-0.39, 0.29) is 17.3 Å². The minimum absolute atomic E-state index is 0.171. The Morgan fingerprint density at radius 2 is 2.25 bits per heavy atom. The van der Waals surface area contributed by atoms with Crippen LogP contribution in [0.15, 0.2) is 35.1 Å². The van der Waals surface area contributed by atoms with Gasteiger partial charge in [0.15, 0.2) is 5.69 Å². The number of hydrogen-bond acceptors (Lipinski definition) is 3. The molecule has 0 radical (unpaired) electrons. The highest BCUT2D eigenvalue weighted by Crippen LogP contribution is 2.18. The number of rotatable bonds is 4. The van der Waals surface area contributed by atoms with Crippen LogP contribution in [-0.2, 0) is 6.54 Å². The van der Waals surface area contributed by atoms with Gasteiger partial charge in [0.25, 0.3) is 5.91 Å². The van der Waals surface area contributed by atoms with E-state index in [1.165, 1.54) is 12.3 Å². The third kappa shape index (κ3) is 2.88. The van der Waals surface area contributed by atoms with Crippen molar-refractivity contribution >= 4 is 33.5 Å². The molecule has 104 valence electrons. The average Bonchev–Trinajstić information content (AvgIpc) is 2.80. The molecule has 0 bridgehead atoms. The van der Waals surface area contributed by atoms with Gasteiger partial charge in [0.05, 0.1) is 5.69 Å². The normalized spacial score (nSPS) is 10.3. The molecule has 0 aliphatic rings. The third-order valence-electron chi connectivity index (χ3n) is 2.70. The van der Waals surface area contributed by atoms with Crippen molar-refractivity contribution < 1.29 is 14.7 Å². The van der Waals surface area contributed by atoms with Gasteiger partial charge < -0.3 is 15.0 Å². The average molecular weight is 338 g/mol. The van der Waals surface area contributed by atoms with Crippen LogP contribution in [0.5, 0.6) is 0 Å². The van der Waals surface area contributed by atoms with Crippen LogP contribution >= 0.6 is 15.9 Å². The molecule has 0 aromatic carbocycles. The summed E-state index contributed by atoms with van der Waals surface area (Å²) < 4.78 is 2.55. The van der Waals surface area contributed by atoms with Gasteiger partial charge in [0, 0.05) is 23.4 Å². The Morgan fingerprint density at radius 3 is 2.90 bits per heavy atom. The van der Waals surface area contributed by atoms with Crippen molar-refractivity contribution in [2.75, 3.05) is 5.32 Å². The highest BCUT2D eigenvalue weighted by molar-refractivity contribution is 9.10. The Bertz CT molecular complexity index is 667. The molecule has 2 aromatic heterocycles. The second-order valence-electron chi connectivity index (χ2n) is 3.99. The number of nitrogens with one attached hydrogen (secondary N) is 1. The fraction of sp³-hybridized carbons (Fsp3) is 0.154. The molecular formula is C13H12BrN3O3. The highest BCUT2D eigenvalue weighted by Gasteiger charge is 2.17. The quantitative estimate of drug-likeness (QED) is 0.898. The third-order valence-corrected chi connectivity index (χ3v) is 3.13. The number of anilines is 1. The summed E-state index contributed by atoms with van der Waals surface area (Å²) in [6.45, 7) is 2.54. The molecule has 2 N–H and O–H groups in total. The molecule has 2 heterocycles. The fourth-order valence-electron chi connectivity index (χ4n) is 1.79. The molecular weight excluding hydrogens is 326 g/mol. The van der Waals surface area contributed by atoms with E-state index in [0.717, 1.165) is 4.47 Å². The molecule has 0 saturated heterocycles. The topological polar surface area (TPSA) is 84.2 Å². The summed E-state index contributed by atoms with van der Waals surface area (Å²) in [5.74, 6) is -1.57. The molecule has 0 aliphatic carbocycles. The lowest BCUT2D eigenvalue weighted by Crippen LogP contribution is -2.18. The van der Waals surface area contributed by atoms with Crippen molar-refractivity contribution in [2.24, 2.45) is 0 Å². The number of aromatic carboxylic acids is 1. The van der Waals surface area contributed by atoms with Gasteiger partial charge in [-0.2, -0.15) is 0 Å². The van der Waals surface area contributed by atoms with Crippen molar-refractivity contribution in [1.82, 2.24) is 9.55 Å². The van der Waals surface area contributed by atoms with Gasteiger partial charge in [-0.3, -0.25) is 4.79 Å². The molecule has 0 fully saturated rings. The minimum atomic E-state index is -1.19. The van der Waals surface area contributed by atoms with E-state index in [4.69, 9.17) is 5.11 Å². The number of carbonyl (C=O) groups is 2. The maximum absolute atomic E-state index is 12.2. The second-order valence-corrected chi connectivity index (χ2v) is 4.90. The summed E-state index contributed by atoms with van der Waals surface area (Å²) in [5.41, 5.74) is 0.430. The Balaban J connectivity index is 2.30. The summed E-state index contributed by atoms with van der Waals surface area (Å²) in [6, 6.07) is 4.75. The van der Waals surface area contributed by atoms with E-state index in [9.17, 15) is 9.59 Å². The van der Waals surface area contributed by atoms with Crippen molar-refractivity contribution in [3.63, 3.8) is 0 Å². The Morgan fingerprint density at radius 1 is 1.50 bits per heavy atom. The maximum Gasteiger partial charge on any atom is 0.356 e. The Kier molecular flexibility index (Phi) is 4.19. The molecule has 0 aliphatic heterocycles. The summed E-state index contributed by atoms with van der Waals surface area (Å²) in [4.78, 5) is 27.0. The number of carboxylic acid groups (broad SMARTS) is 1. The monoisotopic (exact) mass is 337 g/mol. The first-order chi connectivity index (χ1) is 9.52. The lowest BCUT2D eigenvalue weighted by Gasteiger charge is -2.09. The molecule has 0 spiro atoms. The molecule has 0 saturated carbocycles. The summed E-state index contributed by atoms with van der Waals surface area (Å²) in [7, 11) is 0. The van der Waals surface area contributed by atoms with Crippen LogP contribution in [0.1, 0.15) is 27.9 Å². The van der Waals surface area contributed by atoms with E-state index in [1.807, 2.05) is 6.92 Å². The van der Waals surface area contributed by atoms with Gasteiger partial charge in [0.2, 0.25) is 0 Å². The highest BCUT2D eigenvalue weighted by atomic mass is 79.9. The molecule has 6 nitrogen and oxygen atoms in total. The van der Waals surface area contributed by atoms with E-state index in [1.54, 1.807) is 22.9 Å². The van der Waals surface area contributed by atoms with Crippen LogP contribution in [0.3, 0.4) is 0 Å². The molecule has 20 heavy (non-hydrogen) atoms. The maximum atomic E-state index is 12.2. The van der Waals surface area contributed by atoms with Gasteiger partial charge in [0.1, 0.15) is 5.69 Å². The first-order valence-electron chi connectivity index (χ1n) is 5.88. The van der Waals surface area contributed by atoms with Crippen LogP contribution < -0.4 is 5.32 Å². The molecule has 2 rings (SSSR count). The van der Waals surface area contributed by atoms with Gasteiger partial charge in [-0.1, -0.05) is 0 Å². The molecule has 7 heteroatoms. The zero-order chi connectivity index (χ0) is 14.7. The minimum Gasteiger partial charge on any atom is -0.476 e. The van der Waals surface area contributed by atoms with Crippen LogP contribution in [0.2, 0.25) is 0 Å². The molecule has 1 amide bonds. The number of carbonyl (C=O) groups excluding carboxylic acids is 1. The first kappa shape index (κ1) is 14.3. The van der Waals surface area contributed by atoms with Crippen LogP contribution in [-0.4, -0.2) is 26.5 Å². The molecule has 0 atom stereocenters. The van der Waals surface area contributed by atoms with Crippen molar-refractivity contribution in [3.05, 3.63) is 46.5 Å². The summed E-state index contributed by atoms with van der Waals surface area (Å²) in [5, 5.41) is 11.6. The fourth-order valence-corrected chi connectivity index (χ4v) is 2.25. The number of aromatic nitrogens is 2. The standard InChI is InChI=1S/C13H12BrN3O3/c1-2-17-7-8(14)6-10(17)12(18)16-9-4-3-5-15-11(9)13(19)20/h3-7H,2H2,1H3,(H,16,18)(H,19,20). The molecule has 0 unspecified atom stereocenters. The van der Waals surface area contributed by atoms with Crippen molar-refractivity contribution in [1.29, 1.82) is 0 Å². The number of nitrogens with zero attached hydrogens (tertiary/aromatic N) is 2. The zero-order valence-corrected chi connectivity index (χ0v) is 12.2. The number of hydrogen-bond donors (Lipinski definition) is 2. The van der Waals surface area contributed by atoms with E-state index in [0.29, 0.717) is 12.2 Å². The number of pyridine rings is 1. The van der Waals surface area contributed by atoms with Crippen LogP contribution in [0.25, 0.3) is 0 Å². The van der Waals surface area contributed by atoms with Crippen molar-refractivity contribution in [3.8, 4) is 0 Å². The molecule has 2 aromatic rings. The van der Waals surface area contributed by atoms with Crippen LogP contribution in [0, 0.1) is 0 Å². The van der Waals surface area contributed by atoms with Gasteiger partial charge >= 0.3 is 5.97 Å². The van der Waals surface area contributed by atoms with E-state index in [2.05, 4.69) is 26.2 Å². The number of amides is 1. The van der Waals surface area contributed by atoms with E-state index < -0.39 is 5.97 Å². The second kappa shape index (κ2) is 5.87. The predicted molar refractivity (Wildman–Crippen MR) is 77.0 cm³/mol. The Labute approximate surface area is 123 Å². The lowest BCUT2D eigenvalue weighted by atomic mass is 10.2. The van der Waals surface area contributed by atoms with Crippen LogP contribution in [0.4, 0.5) is 5.69 Å².